The van der Waals surface area contributed by atoms with Crippen molar-refractivity contribution in [1.82, 2.24) is 19.9 Å². The van der Waals surface area contributed by atoms with Gasteiger partial charge < -0.3 is 36.7 Å². The van der Waals surface area contributed by atoms with E-state index in [9.17, 15) is 14.4 Å². The van der Waals surface area contributed by atoms with Crippen molar-refractivity contribution in [3.63, 3.8) is 0 Å². The van der Waals surface area contributed by atoms with Crippen LogP contribution in [0.25, 0.3) is 55.8 Å². The number of ether oxygens (including phenoxy) is 3. The van der Waals surface area contributed by atoms with Gasteiger partial charge in [-0.2, -0.15) is 0 Å². The van der Waals surface area contributed by atoms with Crippen LogP contribution < -0.4 is 38.8 Å². The fourth-order valence-electron chi connectivity index (χ4n) is 8.48. The molecule has 0 aliphatic rings. The number of aryl methyl sites for hydroxylation is 4. The van der Waals surface area contributed by atoms with Gasteiger partial charge in [0.05, 0.1) is 59.1 Å². The third kappa shape index (κ3) is 27.5. The summed E-state index contributed by atoms with van der Waals surface area (Å²) in [5.41, 5.74) is 18.0. The van der Waals surface area contributed by atoms with Gasteiger partial charge in [-0.15, -0.1) is 12.4 Å². The molecule has 0 saturated carbocycles. The number of fused-ring (bicyclic) bond motifs is 4. The molecule has 11 aromatic rings. The number of carbonyl (C=O) groups excluding carboxylic acids is 1. The number of carboxylic acid groups (broad SMARTS) is 2. The molecule has 5 N–H and O–H groups in total. The average Bonchev–Trinajstić information content (AvgIpc) is 0.859. The number of aliphatic hydroxyl groups excluding tert-OH is 1. The number of carbonyl (C=O) groups is 3. The van der Waals surface area contributed by atoms with Crippen molar-refractivity contribution in [3.05, 3.63) is 262 Å². The van der Waals surface area contributed by atoms with Crippen LogP contribution in [0.2, 0.25) is 0 Å². The number of nitrogen functional groups attached to an aromatic ring is 1. The van der Waals surface area contributed by atoms with Gasteiger partial charge >= 0.3 is 30.8 Å². The van der Waals surface area contributed by atoms with E-state index in [1.807, 2.05) is 152 Å². The van der Waals surface area contributed by atoms with Gasteiger partial charge in [-0.3, -0.25) is 24.7 Å². The van der Waals surface area contributed by atoms with Crippen LogP contribution in [0.1, 0.15) is 109 Å². The molecule has 4 heterocycles. The Bertz CT molecular complexity index is 4100. The van der Waals surface area contributed by atoms with Crippen LogP contribution in [0, 0.1) is 27.7 Å². The zero-order valence-electron chi connectivity index (χ0n) is 54.9. The number of methoxy groups -OCH3 is 1. The Morgan fingerprint density at radius 3 is 1.34 bits per heavy atom. The maximum Gasteiger partial charge on any atom is 1.00 e. The molecular formula is C76H87AlBrClLiN5O9. The van der Waals surface area contributed by atoms with Crippen molar-refractivity contribution in [2.45, 2.75) is 93.9 Å². The minimum absolute atomic E-state index is 0. The van der Waals surface area contributed by atoms with Crippen LogP contribution in [-0.2, 0) is 16.7 Å². The SMILES string of the molecule is C.C/C=C/C=O.COc1ccc(OC(C)C)cc1.Cc1ccc2cccc(/C=C/c3ccc(OC(C)C)cc3)c2n1.Cc1ccc2cccc(C(=O)O)c2n1.Cc1ccc2cccc(CBr)c2n1.Cc1ccc2cccc(CO)c2n1.Cl.Nc1ccccc1C(=O)O.[AlH3].[H-].[Li+]. The fourth-order valence-corrected chi connectivity index (χ4v) is 8.93. The summed E-state index contributed by atoms with van der Waals surface area (Å²) in [4.78, 5) is 48.3. The molecule has 0 atom stereocenters. The predicted octanol–water partition coefficient (Wildman–Crippen LogP) is 14.4. The number of alkyl halides is 1. The zero-order chi connectivity index (χ0) is 65.5. The molecule has 0 aliphatic heterocycles. The molecule has 7 aromatic carbocycles. The molecular weight excluding hydrogens is 1280 g/mol. The third-order valence-electron chi connectivity index (χ3n) is 12.8. The molecule has 0 bridgehead atoms. The molecule has 0 radical (unpaired) electrons. The number of allylic oxidation sites excluding steroid dienone is 2. The number of benzene rings is 7. The number of halogens is 2. The summed E-state index contributed by atoms with van der Waals surface area (Å²) in [5.74, 6) is 0.711. The second-order valence-electron chi connectivity index (χ2n) is 20.6. The molecule has 0 fully saturated rings. The summed E-state index contributed by atoms with van der Waals surface area (Å²) in [6.07, 6.45) is 8.53. The van der Waals surface area contributed by atoms with E-state index in [-0.39, 0.29) is 87.4 Å². The molecule has 11 rings (SSSR count). The molecule has 18 heteroatoms. The number of aromatic carboxylic acids is 2. The quantitative estimate of drug-likeness (QED) is 0.0224. The molecule has 0 saturated heterocycles. The van der Waals surface area contributed by atoms with Crippen LogP contribution in [0.5, 0.6) is 17.2 Å². The van der Waals surface area contributed by atoms with E-state index in [1.54, 1.807) is 50.4 Å². The Balaban J connectivity index is 0.00000111. The van der Waals surface area contributed by atoms with Gasteiger partial charge in [0.25, 0.3) is 0 Å². The van der Waals surface area contributed by atoms with Crippen molar-refractivity contribution >= 4 is 125 Å². The number of nitrogens with zero attached hydrogens (tertiary/aromatic N) is 4. The van der Waals surface area contributed by atoms with Crippen molar-refractivity contribution in [2.24, 2.45) is 0 Å². The number of anilines is 1. The first kappa shape index (κ1) is 83.3. The minimum Gasteiger partial charge on any atom is -1.00 e. The topological polar surface area (TPSA) is 217 Å². The van der Waals surface area contributed by atoms with E-state index >= 15 is 0 Å². The largest absolute Gasteiger partial charge is 1.00 e. The predicted molar refractivity (Wildman–Crippen MR) is 395 cm³/mol. The molecule has 94 heavy (non-hydrogen) atoms. The molecule has 4 aromatic heterocycles. The van der Waals surface area contributed by atoms with E-state index in [1.165, 1.54) is 28.5 Å². The Hall–Kier alpha value is -8.67. The monoisotopic (exact) mass is 1360 g/mol. The third-order valence-corrected chi connectivity index (χ3v) is 13.4. The van der Waals surface area contributed by atoms with Crippen molar-refractivity contribution in [1.29, 1.82) is 0 Å². The van der Waals surface area contributed by atoms with Gasteiger partial charge in [0, 0.05) is 66.5 Å². The summed E-state index contributed by atoms with van der Waals surface area (Å²) in [6.45, 7) is 17.8. The first-order valence-electron chi connectivity index (χ1n) is 29.0. The minimum atomic E-state index is -0.988. The van der Waals surface area contributed by atoms with E-state index < -0.39 is 11.9 Å². The summed E-state index contributed by atoms with van der Waals surface area (Å²) in [6, 6.07) is 61.7. The molecule has 14 nitrogen and oxygen atoms in total. The smallest absolute Gasteiger partial charge is 1.00 e. The number of pyridine rings is 4. The van der Waals surface area contributed by atoms with Crippen LogP contribution in [0.3, 0.4) is 0 Å². The zero-order valence-corrected chi connectivity index (χ0v) is 56.3. The van der Waals surface area contributed by atoms with E-state index in [4.69, 9.17) is 35.3 Å². The first-order chi connectivity index (χ1) is 43.3. The fraction of sp³-hybridized carbons (Fsp3) is 0.197. The molecule has 0 unspecified atom stereocenters. The standard InChI is InChI=1S/C21H21NO.C11H10BrN.C11H9NO2.C11H11NO.C10H14O2.C7H7NO2.C4H6O.CH4.Al.ClH.Li.4H/c1-15(2)23-20-13-9-17(10-14-20)8-12-19-6-4-5-18-11-7-16(3)22-21(18)19;1-8-5-6-9-3-2-4-10(7-12)11(9)13-8;1-7-5-6-8-3-2-4-9(11(13)14)10(8)12-7;1-8-5-6-9-3-2-4-10(7-13)11(9)12-8;1-8(2)12-10-6-4-9(11-3)5-7-10;8-6-4-2-1-3-5(6)7(9)10;1-2-3-4-5;;;;;;;;/h4-15H,1-3H3;2-6H,7H2,1H3;2-6H,1H3,(H,13,14);2-6,13H,7H2,1H3;4-8H,1-3H3;1-4H,8H2,(H,9,10);2-4H,1H3;1H4;;1H;;;;;/q;;;;;;;;;;+1;;;;-1/b12-8+;;;;;;3-2+;;;;;;;;. The maximum absolute atomic E-state index is 10.9. The Morgan fingerprint density at radius 2 is 0.926 bits per heavy atom. The number of nitrogens with two attached hydrogens (primary N) is 1. The molecule has 488 valence electrons. The van der Waals surface area contributed by atoms with Gasteiger partial charge in [-0.25, -0.2) is 9.59 Å². The number of hydrogen-bond donors (Lipinski definition) is 4. The number of aldehydes is 1. The van der Waals surface area contributed by atoms with E-state index in [0.717, 1.165) is 95.7 Å². The van der Waals surface area contributed by atoms with Gasteiger partial charge in [-0.1, -0.05) is 157 Å². The second-order valence-corrected chi connectivity index (χ2v) is 21.2. The number of para-hydroxylation sites is 5. The number of aliphatic hydroxyl groups is 1. The van der Waals surface area contributed by atoms with Crippen LogP contribution >= 0.6 is 28.3 Å². The number of carboxylic acids is 2. The second kappa shape index (κ2) is 44.0. The van der Waals surface area contributed by atoms with E-state index in [0.29, 0.717) is 11.2 Å². The van der Waals surface area contributed by atoms with Gasteiger partial charge in [0.1, 0.15) is 23.5 Å². The summed E-state index contributed by atoms with van der Waals surface area (Å²) in [5, 5.41) is 31.7. The van der Waals surface area contributed by atoms with Crippen LogP contribution in [0.15, 0.2) is 206 Å². The van der Waals surface area contributed by atoms with Gasteiger partial charge in [0.15, 0.2) is 17.4 Å². The van der Waals surface area contributed by atoms with Gasteiger partial charge in [-0.05, 0) is 158 Å². The van der Waals surface area contributed by atoms with Crippen molar-refractivity contribution in [2.75, 3.05) is 12.8 Å². The number of hydrogen-bond acceptors (Lipinski definition) is 12. The van der Waals surface area contributed by atoms with Crippen molar-refractivity contribution < 1.29 is 64.2 Å². The maximum atomic E-state index is 10.9. The van der Waals surface area contributed by atoms with Crippen LogP contribution in [0.4, 0.5) is 5.69 Å². The molecule has 0 spiro atoms. The Kier molecular flexibility index (Phi) is 39.0. The van der Waals surface area contributed by atoms with Crippen molar-refractivity contribution in [3.8, 4) is 17.2 Å². The Morgan fingerprint density at radius 1 is 0.532 bits per heavy atom. The average molecular weight is 1360 g/mol. The Labute approximate surface area is 591 Å². The summed E-state index contributed by atoms with van der Waals surface area (Å²) >= 11 is 3.46. The van der Waals surface area contributed by atoms with Crippen LogP contribution in [-0.4, -0.2) is 90.2 Å². The van der Waals surface area contributed by atoms with E-state index in [2.05, 4.69) is 109 Å². The molecule has 0 amide bonds. The normalized spacial score (nSPS) is 10.0. The first-order valence-corrected chi connectivity index (χ1v) is 30.1. The molecule has 0 aliphatic carbocycles. The van der Waals surface area contributed by atoms with Gasteiger partial charge in [0.2, 0.25) is 0 Å². The summed E-state index contributed by atoms with van der Waals surface area (Å²) in [7, 11) is 1.65. The number of aromatic nitrogens is 4. The summed E-state index contributed by atoms with van der Waals surface area (Å²) < 4.78 is 16.1. The number of rotatable bonds is 12.